The molecular weight excluding hydrogens is 368 g/mol. The number of carbonyl (C=O) groups is 1. The van der Waals surface area contributed by atoms with Gasteiger partial charge in [0.1, 0.15) is 6.10 Å². The summed E-state index contributed by atoms with van der Waals surface area (Å²) in [4.78, 5) is 15.7. The van der Waals surface area contributed by atoms with Gasteiger partial charge in [0, 0.05) is 27.6 Å². The van der Waals surface area contributed by atoms with E-state index < -0.39 is 12.0 Å². The van der Waals surface area contributed by atoms with Crippen molar-refractivity contribution in [1.29, 1.82) is 0 Å². The molecule has 3 N–H and O–H groups in total. The van der Waals surface area contributed by atoms with Crippen molar-refractivity contribution < 1.29 is 9.90 Å². The molecule has 5 heteroatoms. The lowest BCUT2D eigenvalue weighted by Crippen LogP contribution is -2.41. The molecule has 3 aromatic rings. The van der Waals surface area contributed by atoms with Crippen molar-refractivity contribution in [2.45, 2.75) is 18.4 Å². The number of amides is 1. The predicted molar refractivity (Wildman–Crippen MR) is 97.0 cm³/mol. The Hall–Kier alpha value is -2.11. The fraction of sp³-hybridized carbons (Fsp3) is 0.211. The van der Waals surface area contributed by atoms with Crippen LogP contribution >= 0.6 is 15.9 Å². The van der Waals surface area contributed by atoms with Crippen LogP contribution in [0.4, 0.5) is 0 Å². The second kappa shape index (κ2) is 6.07. The van der Waals surface area contributed by atoms with Gasteiger partial charge in [0.25, 0.3) is 0 Å². The number of carbonyl (C=O) groups excluding carboxylic acids is 1. The Labute approximate surface area is 148 Å². The quantitative estimate of drug-likeness (QED) is 0.603. The van der Waals surface area contributed by atoms with Crippen LogP contribution < -0.4 is 5.32 Å². The predicted octanol–water partition coefficient (Wildman–Crippen LogP) is 3.10. The lowest BCUT2D eigenvalue weighted by atomic mass is 9.86. The SMILES string of the molecule is O=C1NCCc2c([nH]c3ccc(Br)cc23)[C@@H](c2ccccc2)[C@@H]1O. The molecule has 122 valence electrons. The average Bonchev–Trinajstić information content (AvgIpc) is 2.92. The second-order valence-electron chi connectivity index (χ2n) is 6.08. The van der Waals surface area contributed by atoms with Gasteiger partial charge in [0.05, 0.1) is 5.92 Å². The van der Waals surface area contributed by atoms with Gasteiger partial charge in [-0.1, -0.05) is 46.3 Å². The standard InChI is InChI=1S/C19H17BrN2O2/c20-12-6-7-15-14(10-12)13-8-9-21-19(24)18(23)16(17(13)22-15)11-4-2-1-3-5-11/h1-7,10,16,18,22-23H,8-9H2,(H,21,24)/t16-,18+/m1/s1. The molecule has 0 saturated carbocycles. The number of halogens is 1. The van der Waals surface area contributed by atoms with E-state index in [9.17, 15) is 9.90 Å². The van der Waals surface area contributed by atoms with Gasteiger partial charge < -0.3 is 15.4 Å². The summed E-state index contributed by atoms with van der Waals surface area (Å²) in [7, 11) is 0. The normalized spacial score (nSPS) is 21.0. The summed E-state index contributed by atoms with van der Waals surface area (Å²) in [5.74, 6) is -0.734. The van der Waals surface area contributed by atoms with Crippen LogP contribution in [-0.4, -0.2) is 28.6 Å². The highest BCUT2D eigenvalue weighted by Gasteiger charge is 2.34. The third kappa shape index (κ3) is 2.54. The molecule has 24 heavy (non-hydrogen) atoms. The van der Waals surface area contributed by atoms with Crippen LogP contribution in [0.25, 0.3) is 10.9 Å². The Morgan fingerprint density at radius 1 is 1.12 bits per heavy atom. The van der Waals surface area contributed by atoms with Gasteiger partial charge in [-0.15, -0.1) is 0 Å². The maximum absolute atomic E-state index is 12.2. The molecule has 1 amide bonds. The molecule has 0 unspecified atom stereocenters. The molecule has 1 aromatic heterocycles. The van der Waals surface area contributed by atoms with Gasteiger partial charge in [-0.2, -0.15) is 0 Å². The molecule has 2 atom stereocenters. The summed E-state index contributed by atoms with van der Waals surface area (Å²) in [6.45, 7) is 0.518. The van der Waals surface area contributed by atoms with Crippen LogP contribution in [-0.2, 0) is 11.2 Å². The van der Waals surface area contributed by atoms with E-state index in [0.717, 1.165) is 38.6 Å². The van der Waals surface area contributed by atoms with Crippen molar-refractivity contribution in [2.75, 3.05) is 6.54 Å². The largest absolute Gasteiger partial charge is 0.382 e. The summed E-state index contributed by atoms with van der Waals surface area (Å²) in [5, 5.41) is 14.6. The van der Waals surface area contributed by atoms with E-state index in [1.807, 2.05) is 42.5 Å². The van der Waals surface area contributed by atoms with Gasteiger partial charge in [-0.25, -0.2) is 0 Å². The van der Waals surface area contributed by atoms with E-state index in [0.29, 0.717) is 6.54 Å². The summed E-state index contributed by atoms with van der Waals surface area (Å²) in [6, 6.07) is 15.8. The number of aliphatic hydroxyl groups is 1. The minimum atomic E-state index is -1.12. The number of rotatable bonds is 1. The molecular formula is C19H17BrN2O2. The summed E-state index contributed by atoms with van der Waals surface area (Å²) < 4.78 is 1.01. The van der Waals surface area contributed by atoms with Crippen molar-refractivity contribution in [3.05, 3.63) is 69.8 Å². The number of hydrogen-bond acceptors (Lipinski definition) is 2. The van der Waals surface area contributed by atoms with Gasteiger partial charge in [-0.3, -0.25) is 4.79 Å². The molecule has 0 aliphatic carbocycles. The van der Waals surface area contributed by atoms with Gasteiger partial charge in [0.15, 0.2) is 0 Å². The highest BCUT2D eigenvalue weighted by molar-refractivity contribution is 9.10. The topological polar surface area (TPSA) is 65.1 Å². The van der Waals surface area contributed by atoms with Crippen LogP contribution in [0.2, 0.25) is 0 Å². The molecule has 0 radical (unpaired) electrons. The fourth-order valence-electron chi connectivity index (χ4n) is 3.51. The molecule has 1 aliphatic heterocycles. The van der Waals surface area contributed by atoms with Gasteiger partial charge in [-0.05, 0) is 35.7 Å². The van der Waals surface area contributed by atoms with E-state index in [1.165, 1.54) is 0 Å². The number of aromatic amines is 1. The lowest BCUT2D eigenvalue weighted by molar-refractivity contribution is -0.130. The monoisotopic (exact) mass is 384 g/mol. The first kappa shape index (κ1) is 15.4. The zero-order chi connectivity index (χ0) is 16.7. The molecule has 2 heterocycles. The average molecular weight is 385 g/mol. The Bertz CT molecular complexity index is 904. The maximum Gasteiger partial charge on any atom is 0.249 e. The number of hydrogen-bond donors (Lipinski definition) is 3. The van der Waals surface area contributed by atoms with E-state index in [2.05, 4.69) is 32.3 Å². The highest BCUT2D eigenvalue weighted by atomic mass is 79.9. The van der Waals surface area contributed by atoms with Crippen LogP contribution in [0, 0.1) is 0 Å². The lowest BCUT2D eigenvalue weighted by Gasteiger charge is -2.26. The van der Waals surface area contributed by atoms with Gasteiger partial charge in [0.2, 0.25) is 5.91 Å². The first-order chi connectivity index (χ1) is 11.6. The summed E-state index contributed by atoms with van der Waals surface area (Å²) >= 11 is 3.53. The second-order valence-corrected chi connectivity index (χ2v) is 7.00. The zero-order valence-electron chi connectivity index (χ0n) is 12.9. The summed E-state index contributed by atoms with van der Waals surface area (Å²) in [6.07, 6.45) is -0.393. The van der Waals surface area contributed by atoms with E-state index in [1.54, 1.807) is 0 Å². The Kier molecular flexibility index (Phi) is 3.90. The molecule has 0 spiro atoms. The molecule has 0 saturated heterocycles. The maximum atomic E-state index is 12.2. The Balaban J connectivity index is 1.97. The number of aromatic nitrogens is 1. The highest BCUT2D eigenvalue weighted by Crippen LogP contribution is 2.36. The van der Waals surface area contributed by atoms with E-state index in [4.69, 9.17) is 0 Å². The van der Waals surface area contributed by atoms with Crippen LogP contribution in [0.1, 0.15) is 22.7 Å². The number of H-pyrrole nitrogens is 1. The third-order valence-electron chi connectivity index (χ3n) is 4.63. The van der Waals surface area contributed by atoms with E-state index >= 15 is 0 Å². The van der Waals surface area contributed by atoms with Gasteiger partial charge >= 0.3 is 0 Å². The van der Waals surface area contributed by atoms with Crippen LogP contribution in [0.5, 0.6) is 0 Å². The smallest absolute Gasteiger partial charge is 0.249 e. The van der Waals surface area contributed by atoms with Crippen LogP contribution in [0.3, 0.4) is 0 Å². The molecule has 2 aromatic carbocycles. The van der Waals surface area contributed by atoms with Crippen molar-refractivity contribution in [1.82, 2.24) is 10.3 Å². The molecule has 0 fully saturated rings. The number of benzene rings is 2. The van der Waals surface area contributed by atoms with Crippen molar-refractivity contribution >= 4 is 32.7 Å². The first-order valence-corrected chi connectivity index (χ1v) is 8.75. The minimum Gasteiger partial charge on any atom is -0.382 e. The molecule has 4 nitrogen and oxygen atoms in total. The number of aliphatic hydroxyl groups excluding tert-OH is 1. The van der Waals surface area contributed by atoms with E-state index in [-0.39, 0.29) is 5.91 Å². The summed E-state index contributed by atoms with van der Waals surface area (Å²) in [5.41, 5.74) is 4.02. The molecule has 4 rings (SSSR count). The Morgan fingerprint density at radius 2 is 1.92 bits per heavy atom. The van der Waals surface area contributed by atoms with Crippen molar-refractivity contribution in [3.8, 4) is 0 Å². The molecule has 0 bridgehead atoms. The fourth-order valence-corrected chi connectivity index (χ4v) is 3.87. The first-order valence-electron chi connectivity index (χ1n) is 7.96. The van der Waals surface area contributed by atoms with Crippen molar-refractivity contribution in [3.63, 3.8) is 0 Å². The Morgan fingerprint density at radius 3 is 2.71 bits per heavy atom. The zero-order valence-corrected chi connectivity index (χ0v) is 14.5. The third-order valence-corrected chi connectivity index (χ3v) is 5.12. The number of fused-ring (bicyclic) bond motifs is 3. The number of nitrogens with one attached hydrogen (secondary N) is 2. The minimum absolute atomic E-state index is 0.325. The van der Waals surface area contributed by atoms with Crippen molar-refractivity contribution in [2.24, 2.45) is 0 Å². The van der Waals surface area contributed by atoms with Crippen LogP contribution in [0.15, 0.2) is 53.0 Å². The molecule has 1 aliphatic rings.